The molecule has 1 fully saturated rings. The Balaban J connectivity index is 1.40. The molecule has 3 heterocycles. The Morgan fingerprint density at radius 1 is 0.875 bits per heavy atom. The van der Waals surface area contributed by atoms with Crippen molar-refractivity contribution >= 4 is 75.4 Å². The highest BCUT2D eigenvalue weighted by Crippen LogP contribution is 2.53. The van der Waals surface area contributed by atoms with Crippen molar-refractivity contribution in [2.45, 2.75) is 22.7 Å². The van der Waals surface area contributed by atoms with Gasteiger partial charge in [0.1, 0.15) is 17.6 Å². The van der Waals surface area contributed by atoms with Crippen LogP contribution in [0.15, 0.2) is 82.6 Å². The lowest BCUT2D eigenvalue weighted by Crippen LogP contribution is -2.33. The van der Waals surface area contributed by atoms with Gasteiger partial charge in [0.05, 0.1) is 16.6 Å². The highest BCUT2D eigenvalue weighted by molar-refractivity contribution is 8.00. The molecule has 202 valence electrons. The quantitative estimate of drug-likeness (QED) is 0.288. The lowest BCUT2D eigenvalue weighted by atomic mass is 9.83. The summed E-state index contributed by atoms with van der Waals surface area (Å²) in [5, 5.41) is 3.30. The number of carbonyl (C=O) groups is 3. The third kappa shape index (κ3) is 4.75. The summed E-state index contributed by atoms with van der Waals surface area (Å²) in [7, 11) is 0. The van der Waals surface area contributed by atoms with Crippen LogP contribution in [-0.4, -0.2) is 27.5 Å². The molecule has 2 aliphatic rings. The van der Waals surface area contributed by atoms with Crippen molar-refractivity contribution in [2.75, 3.05) is 10.2 Å². The maximum Gasteiger partial charge on any atom is 0.308 e. The first-order valence-electron chi connectivity index (χ1n) is 12.1. The summed E-state index contributed by atoms with van der Waals surface area (Å²) in [5.41, 5.74) is 1.49. The summed E-state index contributed by atoms with van der Waals surface area (Å²) in [5.74, 6) is -3.27. The van der Waals surface area contributed by atoms with Crippen LogP contribution in [0.4, 0.5) is 15.8 Å². The number of halogens is 3. The largest absolute Gasteiger partial charge is 0.325 e. The maximum atomic E-state index is 13.8. The van der Waals surface area contributed by atoms with Crippen LogP contribution in [0, 0.1) is 11.7 Å². The van der Waals surface area contributed by atoms with Gasteiger partial charge in [-0.2, -0.15) is 0 Å². The zero-order valence-electron chi connectivity index (χ0n) is 20.3. The van der Waals surface area contributed by atoms with E-state index in [-0.39, 0.29) is 6.54 Å². The Hall–Kier alpha value is -3.44. The van der Waals surface area contributed by atoms with Crippen LogP contribution in [0.25, 0.3) is 0 Å². The molecule has 4 aromatic rings. The first-order valence-corrected chi connectivity index (χ1v) is 14.5. The summed E-state index contributed by atoms with van der Waals surface area (Å²) < 4.78 is 15.2. The number of aromatic nitrogens is 1. The second kappa shape index (κ2) is 10.5. The fourth-order valence-electron chi connectivity index (χ4n) is 5.01. The van der Waals surface area contributed by atoms with Crippen LogP contribution in [0.1, 0.15) is 16.4 Å². The van der Waals surface area contributed by atoms with Crippen molar-refractivity contribution in [3.05, 3.63) is 109 Å². The number of rotatable bonds is 5. The van der Waals surface area contributed by atoms with Gasteiger partial charge in [0, 0.05) is 26.5 Å². The molecule has 1 N–H and O–H groups in total. The highest BCUT2D eigenvalue weighted by atomic mass is 35.5. The molecule has 0 bridgehead atoms. The Labute approximate surface area is 245 Å². The molecule has 0 saturated carbocycles. The number of nitrogens with one attached hydrogen (secondary N) is 1. The molecule has 1 aromatic heterocycles. The van der Waals surface area contributed by atoms with Gasteiger partial charge >= 0.3 is 4.87 Å². The van der Waals surface area contributed by atoms with Gasteiger partial charge in [-0.05, 0) is 66.2 Å². The molecule has 0 aliphatic carbocycles. The third-order valence-corrected chi connectivity index (χ3v) is 9.90. The van der Waals surface area contributed by atoms with Crippen LogP contribution in [0.2, 0.25) is 10.0 Å². The molecular formula is C28H18Cl2FN3O4S2. The van der Waals surface area contributed by atoms with Gasteiger partial charge in [0.2, 0.25) is 17.7 Å². The number of carbonyl (C=O) groups excluding carboxylic acids is 3. The minimum absolute atomic E-state index is 0.295. The zero-order chi connectivity index (χ0) is 28.1. The molecule has 2 aliphatic heterocycles. The number of thiazole rings is 1. The number of anilines is 2. The number of imide groups is 1. The number of fused-ring (bicyclic) bond motifs is 2. The highest BCUT2D eigenvalue weighted by Gasteiger charge is 2.56. The molecule has 6 rings (SSSR count). The van der Waals surface area contributed by atoms with Gasteiger partial charge in [0.15, 0.2) is 0 Å². The van der Waals surface area contributed by atoms with Crippen molar-refractivity contribution in [2.24, 2.45) is 5.92 Å². The van der Waals surface area contributed by atoms with Crippen LogP contribution in [0.5, 0.6) is 0 Å². The van der Waals surface area contributed by atoms with E-state index in [1.807, 2.05) is 0 Å². The molecule has 3 aromatic carbocycles. The number of benzene rings is 3. The number of hydrogen-bond acceptors (Lipinski definition) is 6. The molecule has 1 saturated heterocycles. The van der Waals surface area contributed by atoms with E-state index in [1.165, 1.54) is 16.7 Å². The van der Waals surface area contributed by atoms with Crippen LogP contribution < -0.4 is 15.1 Å². The Bertz CT molecular complexity index is 1710. The minimum atomic E-state index is -0.856. The van der Waals surface area contributed by atoms with Crippen molar-refractivity contribution in [3.63, 3.8) is 0 Å². The van der Waals surface area contributed by atoms with Gasteiger partial charge in [-0.25, -0.2) is 9.29 Å². The Morgan fingerprint density at radius 2 is 1.50 bits per heavy atom. The monoisotopic (exact) mass is 613 g/mol. The van der Waals surface area contributed by atoms with Gasteiger partial charge in [0.25, 0.3) is 0 Å². The van der Waals surface area contributed by atoms with Gasteiger partial charge < -0.3 is 5.32 Å². The number of nitrogens with zero attached hydrogens (tertiary/aromatic N) is 2. The molecule has 3 unspecified atom stereocenters. The lowest BCUT2D eigenvalue weighted by Gasteiger charge is -2.30. The molecule has 12 heteroatoms. The number of hydrogen-bond donors (Lipinski definition) is 1. The van der Waals surface area contributed by atoms with Gasteiger partial charge in [-0.3, -0.25) is 23.7 Å². The van der Waals surface area contributed by atoms with Crippen molar-refractivity contribution < 1.29 is 18.8 Å². The predicted octanol–water partition coefficient (Wildman–Crippen LogP) is 5.79. The smallest absolute Gasteiger partial charge is 0.308 e. The molecule has 3 atom stereocenters. The van der Waals surface area contributed by atoms with E-state index in [4.69, 9.17) is 23.2 Å². The summed E-state index contributed by atoms with van der Waals surface area (Å²) in [6, 6.07) is 18.6. The molecular weight excluding hydrogens is 596 g/mol. The standard InChI is InChI=1S/C28H18Cl2FN3O4S2/c29-15-3-9-18(10-4-15)32-20(35)13-33-27-24(40-28(33)38)21(14-1-7-17(31)8-2-14)22-23(39-27)26(37)34(25(22)36)19-11-5-16(30)6-12-19/h1-12,21-23H,13H2,(H,32,35). The molecule has 40 heavy (non-hydrogen) atoms. The summed E-state index contributed by atoms with van der Waals surface area (Å²) >= 11 is 14.0. The molecule has 3 amide bonds. The van der Waals surface area contributed by atoms with E-state index in [9.17, 15) is 23.6 Å². The first kappa shape index (κ1) is 26.8. The van der Waals surface area contributed by atoms with Crippen LogP contribution in [-0.2, 0) is 20.9 Å². The second-order valence-electron chi connectivity index (χ2n) is 9.26. The van der Waals surface area contributed by atoms with E-state index < -0.39 is 45.5 Å². The van der Waals surface area contributed by atoms with E-state index in [2.05, 4.69) is 5.32 Å². The number of amides is 3. The maximum absolute atomic E-state index is 13.8. The van der Waals surface area contributed by atoms with Crippen LogP contribution in [0.3, 0.4) is 0 Å². The fraction of sp³-hybridized carbons (Fsp3) is 0.143. The van der Waals surface area contributed by atoms with Gasteiger partial charge in [-0.15, -0.1) is 0 Å². The molecule has 0 spiro atoms. The van der Waals surface area contributed by atoms with E-state index in [1.54, 1.807) is 60.7 Å². The van der Waals surface area contributed by atoms with Crippen LogP contribution >= 0.6 is 46.3 Å². The zero-order valence-corrected chi connectivity index (χ0v) is 23.5. The molecule has 0 radical (unpaired) electrons. The average molecular weight is 615 g/mol. The number of thioether (sulfide) groups is 1. The average Bonchev–Trinajstić information content (AvgIpc) is 3.37. The topological polar surface area (TPSA) is 88.5 Å². The fourth-order valence-corrected chi connectivity index (χ4v) is 8.03. The Kier molecular flexibility index (Phi) is 7.03. The van der Waals surface area contributed by atoms with E-state index in [0.717, 1.165) is 28.0 Å². The van der Waals surface area contributed by atoms with Gasteiger partial charge in [-0.1, -0.05) is 58.4 Å². The predicted molar refractivity (Wildman–Crippen MR) is 154 cm³/mol. The third-order valence-electron chi connectivity index (χ3n) is 6.79. The lowest BCUT2D eigenvalue weighted by molar-refractivity contribution is -0.122. The van der Waals surface area contributed by atoms with Crippen molar-refractivity contribution in [1.29, 1.82) is 0 Å². The van der Waals surface area contributed by atoms with E-state index in [0.29, 0.717) is 36.9 Å². The summed E-state index contributed by atoms with van der Waals surface area (Å²) in [6.07, 6.45) is 0. The second-order valence-corrected chi connectivity index (χ2v) is 12.3. The molecule has 7 nitrogen and oxygen atoms in total. The van der Waals surface area contributed by atoms with Crippen molar-refractivity contribution in [3.8, 4) is 0 Å². The van der Waals surface area contributed by atoms with Crippen molar-refractivity contribution in [1.82, 2.24) is 4.57 Å². The summed E-state index contributed by atoms with van der Waals surface area (Å²) in [6.45, 7) is -0.295. The minimum Gasteiger partial charge on any atom is -0.325 e. The Morgan fingerprint density at radius 3 is 2.15 bits per heavy atom. The normalized spacial score (nSPS) is 19.9. The first-order chi connectivity index (χ1) is 19.2. The SMILES string of the molecule is O=C(Cn1c2c(sc1=O)C(c1ccc(F)cc1)C1C(=O)N(c3ccc(Cl)cc3)C(=O)C1S2)Nc1ccc(Cl)cc1. The van der Waals surface area contributed by atoms with E-state index >= 15 is 0 Å². The summed E-state index contributed by atoms with van der Waals surface area (Å²) in [4.78, 5) is 54.9.